The minimum atomic E-state index is -0.561. The van der Waals surface area contributed by atoms with Gasteiger partial charge in [0, 0.05) is 0 Å². The van der Waals surface area contributed by atoms with Gasteiger partial charge in [0.15, 0.2) is 11.5 Å². The molecule has 3 rings (SSSR count). The smallest absolute Gasteiger partial charge is 0.388 e. The Morgan fingerprint density at radius 3 is 2.77 bits per heavy atom. The number of ether oxygens (including phenoxy) is 2. The summed E-state index contributed by atoms with van der Waals surface area (Å²) in [5.41, 5.74) is 8.01. The maximum atomic E-state index is 12.0. The topological polar surface area (TPSA) is 84.8 Å². The first-order valence-electron chi connectivity index (χ1n) is 6.70. The van der Waals surface area contributed by atoms with E-state index in [0.29, 0.717) is 17.1 Å². The van der Waals surface area contributed by atoms with Crippen LogP contribution in [0.15, 0.2) is 42.5 Å². The van der Waals surface area contributed by atoms with Gasteiger partial charge in [-0.05, 0) is 37.3 Å². The summed E-state index contributed by atoms with van der Waals surface area (Å²) in [6.07, 6.45) is 0. The molecule has 2 aromatic rings. The molecule has 1 aliphatic heterocycles. The van der Waals surface area contributed by atoms with E-state index < -0.39 is 5.97 Å². The number of hydrogen-bond donors (Lipinski definition) is 2. The Hall–Kier alpha value is -3.02. The van der Waals surface area contributed by atoms with Crippen LogP contribution in [0.5, 0.6) is 11.5 Å². The first-order valence-corrected chi connectivity index (χ1v) is 6.70. The lowest BCUT2D eigenvalue weighted by Gasteiger charge is -2.00. The number of nitrogens with two attached hydrogens (primary N) is 1. The Balaban J connectivity index is 1.73. The van der Waals surface area contributed by atoms with Crippen molar-refractivity contribution in [2.24, 2.45) is 5.73 Å². The van der Waals surface area contributed by atoms with Crippen molar-refractivity contribution in [3.8, 4) is 11.5 Å². The largest absolute Gasteiger partial charge is 0.454 e. The first kappa shape index (κ1) is 13.9. The average Bonchev–Trinajstić information content (AvgIpc) is 2.99. The van der Waals surface area contributed by atoms with Crippen molar-refractivity contribution in [2.75, 3.05) is 6.79 Å². The molecule has 0 saturated carbocycles. The summed E-state index contributed by atoms with van der Waals surface area (Å²) in [4.78, 5) is 17.0. The third-order valence-corrected chi connectivity index (χ3v) is 3.19. The fraction of sp³-hybridized carbons (Fsp3) is 0.125. The van der Waals surface area contributed by atoms with Crippen LogP contribution in [0.1, 0.15) is 21.5 Å². The quantitative estimate of drug-likeness (QED) is 0.368. The number of carbonyl (C=O) groups excluding carboxylic acids is 1. The summed E-state index contributed by atoms with van der Waals surface area (Å²) < 4.78 is 10.4. The molecular formula is C16H15N2O4+. The lowest BCUT2D eigenvalue weighted by molar-refractivity contribution is -0.721. The van der Waals surface area contributed by atoms with Crippen molar-refractivity contribution in [1.82, 2.24) is 0 Å². The van der Waals surface area contributed by atoms with Crippen molar-refractivity contribution in [1.29, 1.82) is 0 Å². The van der Waals surface area contributed by atoms with E-state index in [4.69, 9.17) is 20.0 Å². The summed E-state index contributed by atoms with van der Waals surface area (Å²) in [6, 6.07) is 12.4. The van der Waals surface area contributed by atoms with Crippen molar-refractivity contribution in [3.63, 3.8) is 0 Å². The Labute approximate surface area is 127 Å². The van der Waals surface area contributed by atoms with Gasteiger partial charge in [-0.1, -0.05) is 22.9 Å². The molecule has 0 radical (unpaired) electrons. The molecule has 0 fully saturated rings. The van der Waals surface area contributed by atoms with Gasteiger partial charge in [0.05, 0.1) is 11.1 Å². The van der Waals surface area contributed by atoms with E-state index in [2.05, 4.69) is 5.16 Å². The van der Waals surface area contributed by atoms with Crippen LogP contribution in [-0.2, 0) is 4.84 Å². The SMILES string of the molecule is Cc1cccc(C(N)=[NH+]OC(=O)c2ccc3c(c2)OCO3)c1. The van der Waals surface area contributed by atoms with Gasteiger partial charge in [-0.25, -0.2) is 4.79 Å². The number of rotatable bonds is 3. The molecule has 0 unspecified atom stereocenters. The molecule has 22 heavy (non-hydrogen) atoms. The number of aryl methyl sites for hydroxylation is 1. The van der Waals surface area contributed by atoms with Gasteiger partial charge in [0.1, 0.15) is 0 Å². The molecule has 0 atom stereocenters. The number of hydrogen-bond acceptors (Lipinski definition) is 4. The predicted molar refractivity (Wildman–Crippen MR) is 78.4 cm³/mol. The van der Waals surface area contributed by atoms with Gasteiger partial charge in [0.25, 0.3) is 0 Å². The Bertz CT molecular complexity index is 756. The van der Waals surface area contributed by atoms with E-state index >= 15 is 0 Å². The Morgan fingerprint density at radius 2 is 1.95 bits per heavy atom. The number of carbonyl (C=O) groups is 1. The van der Waals surface area contributed by atoms with Crippen molar-refractivity contribution in [2.45, 2.75) is 6.92 Å². The number of benzene rings is 2. The van der Waals surface area contributed by atoms with E-state index in [9.17, 15) is 4.79 Å². The molecule has 0 bridgehead atoms. The molecule has 0 spiro atoms. The van der Waals surface area contributed by atoms with Crippen LogP contribution in [-0.4, -0.2) is 18.6 Å². The van der Waals surface area contributed by atoms with Gasteiger partial charge in [-0.15, -0.1) is 0 Å². The maximum Gasteiger partial charge on any atom is 0.388 e. The number of amidine groups is 1. The fourth-order valence-corrected chi connectivity index (χ4v) is 2.06. The number of nitrogen functional groups attached to an aromatic ring is 1. The predicted octanol–water partition coefficient (Wildman–Crippen LogP) is 0.282. The standard InChI is InChI=1S/C16H14N2O4/c1-10-3-2-4-11(7-10)15(17)18-22-16(19)12-5-6-13-14(8-12)21-9-20-13/h2-8H,9H2,1H3,(H2,17,18)/p+1. The van der Waals surface area contributed by atoms with Crippen LogP contribution in [0.25, 0.3) is 0 Å². The van der Waals surface area contributed by atoms with Crippen LogP contribution in [0, 0.1) is 6.92 Å². The highest BCUT2D eigenvalue weighted by Crippen LogP contribution is 2.32. The van der Waals surface area contributed by atoms with Gasteiger partial charge >= 0.3 is 11.8 Å². The average molecular weight is 299 g/mol. The summed E-state index contributed by atoms with van der Waals surface area (Å²) in [5.74, 6) is 0.826. The Morgan fingerprint density at radius 1 is 1.14 bits per heavy atom. The molecule has 2 aromatic carbocycles. The summed E-state index contributed by atoms with van der Waals surface area (Å²) in [7, 11) is 0. The highest BCUT2D eigenvalue weighted by molar-refractivity contribution is 5.93. The molecule has 0 amide bonds. The van der Waals surface area contributed by atoms with Gasteiger partial charge < -0.3 is 9.47 Å². The zero-order chi connectivity index (χ0) is 15.5. The Kier molecular flexibility index (Phi) is 3.65. The summed E-state index contributed by atoms with van der Waals surface area (Å²) in [6.45, 7) is 2.11. The molecule has 0 saturated heterocycles. The molecule has 3 N–H and O–H groups in total. The van der Waals surface area contributed by atoms with Crippen molar-refractivity contribution < 1.29 is 24.3 Å². The molecule has 0 aliphatic carbocycles. The second-order valence-corrected chi connectivity index (χ2v) is 4.84. The number of fused-ring (bicyclic) bond motifs is 1. The summed E-state index contributed by atoms with van der Waals surface area (Å²) >= 11 is 0. The summed E-state index contributed by atoms with van der Waals surface area (Å²) in [5, 5.41) is 2.46. The molecule has 6 heteroatoms. The zero-order valence-corrected chi connectivity index (χ0v) is 12.0. The minimum Gasteiger partial charge on any atom is -0.454 e. The first-order chi connectivity index (χ1) is 10.6. The van der Waals surface area contributed by atoms with Crippen LogP contribution in [0.3, 0.4) is 0 Å². The maximum absolute atomic E-state index is 12.0. The van der Waals surface area contributed by atoms with Crippen LogP contribution in [0.4, 0.5) is 0 Å². The molecule has 1 heterocycles. The van der Waals surface area contributed by atoms with E-state index in [-0.39, 0.29) is 12.6 Å². The lowest BCUT2D eigenvalue weighted by Crippen LogP contribution is -2.75. The highest BCUT2D eigenvalue weighted by atomic mass is 16.7. The highest BCUT2D eigenvalue weighted by Gasteiger charge is 2.18. The normalized spacial score (nSPS) is 13.0. The minimum absolute atomic E-state index is 0.153. The van der Waals surface area contributed by atoms with Crippen LogP contribution >= 0.6 is 0 Å². The fourth-order valence-electron chi connectivity index (χ4n) is 2.06. The zero-order valence-electron chi connectivity index (χ0n) is 12.0. The van der Waals surface area contributed by atoms with Gasteiger partial charge in [0.2, 0.25) is 6.79 Å². The van der Waals surface area contributed by atoms with E-state index in [0.717, 1.165) is 11.1 Å². The molecular weight excluding hydrogens is 284 g/mol. The van der Waals surface area contributed by atoms with E-state index in [1.807, 2.05) is 31.2 Å². The molecule has 1 aliphatic rings. The van der Waals surface area contributed by atoms with E-state index in [1.165, 1.54) is 0 Å². The number of nitrogens with one attached hydrogen (secondary N) is 1. The second kappa shape index (κ2) is 5.77. The lowest BCUT2D eigenvalue weighted by atomic mass is 10.1. The third kappa shape index (κ3) is 2.85. The van der Waals surface area contributed by atoms with Crippen LogP contribution in [0.2, 0.25) is 0 Å². The second-order valence-electron chi connectivity index (χ2n) is 4.84. The van der Waals surface area contributed by atoms with Crippen molar-refractivity contribution >= 4 is 11.8 Å². The molecule has 0 aromatic heterocycles. The van der Waals surface area contributed by atoms with E-state index in [1.54, 1.807) is 18.2 Å². The van der Waals surface area contributed by atoms with Crippen molar-refractivity contribution in [3.05, 3.63) is 59.2 Å². The monoisotopic (exact) mass is 299 g/mol. The van der Waals surface area contributed by atoms with Gasteiger partial charge in [-0.2, -0.15) is 0 Å². The molecule has 6 nitrogen and oxygen atoms in total. The third-order valence-electron chi connectivity index (χ3n) is 3.19. The molecule has 112 valence electrons. The van der Waals surface area contributed by atoms with Gasteiger partial charge in [-0.3, -0.25) is 10.6 Å². The van der Waals surface area contributed by atoms with Crippen LogP contribution < -0.4 is 20.4 Å².